The predicted octanol–water partition coefficient (Wildman–Crippen LogP) is 1.10. The molecule has 4 rings (SSSR count). The lowest BCUT2D eigenvalue weighted by Gasteiger charge is -2.07. The highest BCUT2D eigenvalue weighted by molar-refractivity contribution is 5.96. The van der Waals surface area contributed by atoms with E-state index in [4.69, 9.17) is 4.42 Å². The third-order valence-corrected chi connectivity index (χ3v) is 3.92. The van der Waals surface area contributed by atoms with Crippen molar-refractivity contribution in [3.63, 3.8) is 0 Å². The number of carboxylic acid groups (broad SMARTS) is 1. The van der Waals surface area contributed by atoms with Crippen LogP contribution in [0, 0.1) is 6.92 Å². The van der Waals surface area contributed by atoms with Crippen LogP contribution < -0.4 is 10.9 Å². The van der Waals surface area contributed by atoms with Gasteiger partial charge in [-0.25, -0.2) is 19.3 Å². The molecule has 0 fully saturated rings. The first kappa shape index (κ1) is 16.5. The molecule has 0 bridgehead atoms. The Balaban J connectivity index is 1.60. The Labute approximate surface area is 150 Å². The van der Waals surface area contributed by atoms with Crippen LogP contribution in [-0.4, -0.2) is 36.6 Å². The van der Waals surface area contributed by atoms with Gasteiger partial charge < -0.3 is 14.8 Å². The summed E-state index contributed by atoms with van der Waals surface area (Å²) < 4.78 is 6.42. The Hall–Kier alpha value is -3.95. The molecule has 0 unspecified atom stereocenters. The van der Waals surface area contributed by atoms with E-state index in [9.17, 15) is 19.5 Å². The van der Waals surface area contributed by atoms with Gasteiger partial charge in [-0.15, -0.1) is 0 Å². The van der Waals surface area contributed by atoms with Gasteiger partial charge in [-0.05, 0) is 17.7 Å². The van der Waals surface area contributed by atoms with Crippen molar-refractivity contribution in [1.29, 1.82) is 0 Å². The van der Waals surface area contributed by atoms with E-state index in [-0.39, 0.29) is 23.6 Å². The molecule has 136 valence electrons. The standard InChI is InChI=1S/C17H13N5O5/c1-8-19-10-4-9(2-3-13(10)27-8)7-18-16(24)11-5-12(17(25)26)22-14(20-11)6-15(23)21-22/h2-6H,7H2,1H3,(H,18,24)(H,21,23)(H,25,26). The molecule has 10 heteroatoms. The Kier molecular flexibility index (Phi) is 3.73. The van der Waals surface area contributed by atoms with Crippen molar-refractivity contribution in [2.75, 3.05) is 0 Å². The molecule has 0 aliphatic rings. The molecule has 0 atom stereocenters. The fourth-order valence-electron chi connectivity index (χ4n) is 2.74. The summed E-state index contributed by atoms with van der Waals surface area (Å²) in [5, 5.41) is 14.3. The first-order valence-corrected chi connectivity index (χ1v) is 7.91. The molecule has 1 amide bonds. The SMILES string of the molecule is Cc1nc2cc(CNC(=O)c3cc(C(=O)O)n4[nH]c(=O)cc4n3)ccc2o1. The van der Waals surface area contributed by atoms with Crippen molar-refractivity contribution in [2.45, 2.75) is 13.5 Å². The van der Waals surface area contributed by atoms with Crippen LogP contribution in [0.3, 0.4) is 0 Å². The van der Waals surface area contributed by atoms with Crippen LogP contribution in [0.1, 0.15) is 32.4 Å². The maximum absolute atomic E-state index is 12.4. The molecule has 0 aliphatic heterocycles. The second-order valence-corrected chi connectivity index (χ2v) is 5.86. The highest BCUT2D eigenvalue weighted by Crippen LogP contribution is 2.16. The molecule has 27 heavy (non-hydrogen) atoms. The number of amides is 1. The molecule has 10 nitrogen and oxygen atoms in total. The van der Waals surface area contributed by atoms with E-state index in [1.165, 1.54) is 0 Å². The molecule has 3 N–H and O–H groups in total. The summed E-state index contributed by atoms with van der Waals surface area (Å²) in [7, 11) is 0. The second kappa shape index (κ2) is 6.09. The largest absolute Gasteiger partial charge is 0.477 e. The molecule has 0 radical (unpaired) electrons. The lowest BCUT2D eigenvalue weighted by Crippen LogP contribution is -2.25. The van der Waals surface area contributed by atoms with E-state index < -0.39 is 17.4 Å². The number of fused-ring (bicyclic) bond motifs is 2. The number of oxazole rings is 1. The molecule has 1 aromatic carbocycles. The zero-order valence-corrected chi connectivity index (χ0v) is 14.0. The summed E-state index contributed by atoms with van der Waals surface area (Å²) >= 11 is 0. The van der Waals surface area contributed by atoms with E-state index >= 15 is 0 Å². The normalized spacial score (nSPS) is 11.1. The maximum atomic E-state index is 12.4. The molecular formula is C17H13N5O5. The number of carbonyl (C=O) groups excluding carboxylic acids is 1. The van der Waals surface area contributed by atoms with Crippen LogP contribution in [0.15, 0.2) is 39.5 Å². The van der Waals surface area contributed by atoms with Crippen molar-refractivity contribution in [1.82, 2.24) is 24.9 Å². The number of hydrogen-bond acceptors (Lipinski definition) is 6. The average molecular weight is 367 g/mol. The van der Waals surface area contributed by atoms with Gasteiger partial charge in [0, 0.05) is 25.6 Å². The van der Waals surface area contributed by atoms with Crippen LogP contribution in [-0.2, 0) is 6.54 Å². The van der Waals surface area contributed by atoms with Crippen molar-refractivity contribution >= 4 is 28.6 Å². The van der Waals surface area contributed by atoms with Gasteiger partial charge in [0.15, 0.2) is 22.8 Å². The lowest BCUT2D eigenvalue weighted by atomic mass is 10.2. The Morgan fingerprint density at radius 1 is 1.26 bits per heavy atom. The number of carboxylic acids is 1. The highest BCUT2D eigenvalue weighted by atomic mass is 16.4. The van der Waals surface area contributed by atoms with Gasteiger partial charge in [0.05, 0.1) is 0 Å². The van der Waals surface area contributed by atoms with Crippen LogP contribution in [0.25, 0.3) is 16.7 Å². The molecule has 0 aliphatic carbocycles. The van der Waals surface area contributed by atoms with Crippen LogP contribution in [0.4, 0.5) is 0 Å². The van der Waals surface area contributed by atoms with Crippen molar-refractivity contribution in [3.8, 4) is 0 Å². The van der Waals surface area contributed by atoms with Crippen LogP contribution in [0.2, 0.25) is 0 Å². The Morgan fingerprint density at radius 3 is 2.85 bits per heavy atom. The minimum absolute atomic E-state index is 0.0459. The van der Waals surface area contributed by atoms with Gasteiger partial charge in [-0.2, -0.15) is 0 Å². The molecule has 3 aromatic heterocycles. The van der Waals surface area contributed by atoms with E-state index in [1.54, 1.807) is 25.1 Å². The quantitative estimate of drug-likeness (QED) is 0.490. The number of H-pyrrole nitrogens is 1. The molecular weight excluding hydrogens is 354 g/mol. The summed E-state index contributed by atoms with van der Waals surface area (Å²) in [4.78, 5) is 43.5. The number of aromatic carboxylic acids is 1. The van der Waals surface area contributed by atoms with E-state index in [0.29, 0.717) is 17.0 Å². The molecule has 0 saturated heterocycles. The Bertz CT molecular complexity index is 1270. The van der Waals surface area contributed by atoms with Crippen molar-refractivity contribution in [3.05, 3.63) is 63.5 Å². The predicted molar refractivity (Wildman–Crippen MR) is 92.7 cm³/mol. The van der Waals surface area contributed by atoms with Crippen LogP contribution in [0.5, 0.6) is 0 Å². The number of aromatic amines is 1. The first-order chi connectivity index (χ1) is 12.9. The zero-order valence-electron chi connectivity index (χ0n) is 14.0. The van der Waals surface area contributed by atoms with Crippen molar-refractivity contribution in [2.24, 2.45) is 0 Å². The number of carbonyl (C=O) groups is 2. The monoisotopic (exact) mass is 367 g/mol. The zero-order chi connectivity index (χ0) is 19.1. The number of aryl methyl sites for hydroxylation is 1. The van der Waals surface area contributed by atoms with Gasteiger partial charge in [0.25, 0.3) is 11.5 Å². The van der Waals surface area contributed by atoms with Gasteiger partial charge in [-0.1, -0.05) is 6.07 Å². The maximum Gasteiger partial charge on any atom is 0.354 e. The number of nitrogens with one attached hydrogen (secondary N) is 2. The lowest BCUT2D eigenvalue weighted by molar-refractivity contribution is 0.0687. The molecule has 0 saturated carbocycles. The van der Waals surface area contributed by atoms with Gasteiger partial charge in [0.1, 0.15) is 11.2 Å². The summed E-state index contributed by atoms with van der Waals surface area (Å²) in [5.74, 6) is -1.31. The third kappa shape index (κ3) is 3.03. The minimum atomic E-state index is -1.30. The summed E-state index contributed by atoms with van der Waals surface area (Å²) in [5.41, 5.74) is 1.28. The van der Waals surface area contributed by atoms with E-state index in [1.807, 2.05) is 0 Å². The van der Waals surface area contributed by atoms with E-state index in [0.717, 1.165) is 22.2 Å². The highest BCUT2D eigenvalue weighted by Gasteiger charge is 2.17. The smallest absolute Gasteiger partial charge is 0.354 e. The van der Waals surface area contributed by atoms with Gasteiger partial charge in [-0.3, -0.25) is 14.7 Å². The summed E-state index contributed by atoms with van der Waals surface area (Å²) in [6.45, 7) is 1.94. The first-order valence-electron chi connectivity index (χ1n) is 7.91. The van der Waals surface area contributed by atoms with Gasteiger partial charge in [0.2, 0.25) is 0 Å². The number of hydrogen-bond donors (Lipinski definition) is 3. The molecule has 3 heterocycles. The Morgan fingerprint density at radius 2 is 2.07 bits per heavy atom. The minimum Gasteiger partial charge on any atom is -0.477 e. The number of aromatic nitrogens is 4. The number of nitrogens with zero attached hydrogens (tertiary/aromatic N) is 3. The van der Waals surface area contributed by atoms with Crippen molar-refractivity contribution < 1.29 is 19.1 Å². The number of benzene rings is 1. The van der Waals surface area contributed by atoms with Gasteiger partial charge >= 0.3 is 5.97 Å². The van der Waals surface area contributed by atoms with Crippen LogP contribution >= 0.6 is 0 Å². The van der Waals surface area contributed by atoms with E-state index in [2.05, 4.69) is 20.4 Å². The summed E-state index contributed by atoms with van der Waals surface area (Å²) in [6, 6.07) is 7.56. The fraction of sp³-hybridized carbons (Fsp3) is 0.118. The average Bonchev–Trinajstić information content (AvgIpc) is 3.18. The third-order valence-electron chi connectivity index (χ3n) is 3.92. The number of rotatable bonds is 4. The summed E-state index contributed by atoms with van der Waals surface area (Å²) in [6.07, 6.45) is 0. The second-order valence-electron chi connectivity index (χ2n) is 5.86. The topological polar surface area (TPSA) is 143 Å². The molecule has 0 spiro atoms. The molecule has 4 aromatic rings. The fourth-order valence-corrected chi connectivity index (χ4v) is 2.74.